The van der Waals surface area contributed by atoms with Gasteiger partial charge >= 0.3 is 0 Å². The maximum atomic E-state index is 12.2. The number of hydrogen-bond acceptors (Lipinski definition) is 3. The van der Waals surface area contributed by atoms with Crippen LogP contribution in [0.3, 0.4) is 0 Å². The molecule has 0 aromatic rings. The first kappa shape index (κ1) is 18.0. The molecule has 0 aliphatic heterocycles. The number of ether oxygens (including phenoxy) is 1. The van der Waals surface area contributed by atoms with Gasteiger partial charge in [-0.1, -0.05) is 6.92 Å². The molecule has 0 aromatic carbocycles. The minimum atomic E-state index is -0.584. The highest BCUT2D eigenvalue weighted by atomic mass is 16.5. The molecular weight excluding hydrogens is 312 g/mol. The van der Waals surface area contributed by atoms with E-state index in [2.05, 4.69) is 6.92 Å². The molecule has 0 heterocycles. The van der Waals surface area contributed by atoms with Crippen LogP contribution in [0, 0.1) is 40.9 Å². The number of hydrogen-bond donors (Lipinski definition) is 1. The Labute approximate surface area is 152 Å². The van der Waals surface area contributed by atoms with Crippen molar-refractivity contribution < 1.29 is 14.6 Å². The van der Waals surface area contributed by atoms with Crippen molar-refractivity contribution in [2.24, 2.45) is 40.9 Å². The van der Waals surface area contributed by atoms with E-state index in [1.165, 1.54) is 38.5 Å². The molecule has 25 heavy (non-hydrogen) atoms. The molecule has 4 fully saturated rings. The SMILES string of the molecule is COCC1(O)CC[C@H]2[C@H](CC[C@@H]3[C@@H]2CC[C@]2(C)[C@@H](C(C)=O)CC[C@@H]32)C1. The molecule has 0 aromatic heterocycles. The fourth-order valence-corrected chi connectivity index (χ4v) is 8.03. The molecule has 4 aliphatic carbocycles. The highest BCUT2D eigenvalue weighted by Gasteiger charge is 2.58. The van der Waals surface area contributed by atoms with Crippen LogP contribution in [-0.4, -0.2) is 30.2 Å². The van der Waals surface area contributed by atoms with Gasteiger partial charge in [0.1, 0.15) is 5.78 Å². The summed E-state index contributed by atoms with van der Waals surface area (Å²) in [5.74, 6) is 4.67. The lowest BCUT2D eigenvalue weighted by Gasteiger charge is -2.57. The second kappa shape index (κ2) is 6.34. The van der Waals surface area contributed by atoms with E-state index in [0.29, 0.717) is 24.2 Å². The van der Waals surface area contributed by atoms with Crippen molar-refractivity contribution >= 4 is 5.78 Å². The van der Waals surface area contributed by atoms with Crippen LogP contribution in [0.15, 0.2) is 0 Å². The van der Waals surface area contributed by atoms with E-state index in [0.717, 1.165) is 42.9 Å². The second-order valence-electron chi connectivity index (χ2n) is 10.1. The lowest BCUT2D eigenvalue weighted by Crippen LogP contribution is -2.52. The topological polar surface area (TPSA) is 46.5 Å². The summed E-state index contributed by atoms with van der Waals surface area (Å²) in [6, 6.07) is 0. The maximum Gasteiger partial charge on any atom is 0.133 e. The van der Waals surface area contributed by atoms with Crippen molar-refractivity contribution in [3.8, 4) is 0 Å². The van der Waals surface area contributed by atoms with Crippen molar-refractivity contribution in [2.45, 2.75) is 77.2 Å². The van der Waals surface area contributed by atoms with Crippen LogP contribution in [0.4, 0.5) is 0 Å². The molecular formula is C22H36O3. The van der Waals surface area contributed by atoms with Gasteiger partial charge in [0, 0.05) is 13.0 Å². The Morgan fingerprint density at radius 1 is 1.04 bits per heavy atom. The third-order valence-corrected chi connectivity index (χ3v) is 9.01. The first-order valence-electron chi connectivity index (χ1n) is 10.6. The van der Waals surface area contributed by atoms with Gasteiger partial charge in [-0.25, -0.2) is 0 Å². The third kappa shape index (κ3) is 2.81. The minimum absolute atomic E-state index is 0.269. The number of carbonyl (C=O) groups is 1. The molecule has 0 bridgehead atoms. The minimum Gasteiger partial charge on any atom is -0.387 e. The average Bonchev–Trinajstić information content (AvgIpc) is 2.91. The highest BCUT2D eigenvalue weighted by Crippen LogP contribution is 2.64. The van der Waals surface area contributed by atoms with Crippen LogP contribution in [0.1, 0.15) is 71.6 Å². The molecule has 4 rings (SSSR count). The van der Waals surface area contributed by atoms with Crippen LogP contribution in [0.5, 0.6) is 0 Å². The molecule has 4 aliphatic rings. The quantitative estimate of drug-likeness (QED) is 0.830. The summed E-state index contributed by atoms with van der Waals surface area (Å²) in [6.45, 7) is 4.74. The van der Waals surface area contributed by atoms with Gasteiger partial charge in [0.05, 0.1) is 12.2 Å². The number of aliphatic hydroxyl groups is 1. The van der Waals surface area contributed by atoms with Crippen LogP contribution in [0.25, 0.3) is 0 Å². The van der Waals surface area contributed by atoms with E-state index in [1.54, 1.807) is 7.11 Å². The Kier molecular flexibility index (Phi) is 4.56. The number of Topliss-reactive ketones (excluding diaryl/α,β-unsaturated/α-hetero) is 1. The summed E-state index contributed by atoms with van der Waals surface area (Å²) in [7, 11) is 1.70. The van der Waals surface area contributed by atoms with Crippen molar-refractivity contribution in [3.05, 3.63) is 0 Å². The van der Waals surface area contributed by atoms with Crippen molar-refractivity contribution in [1.29, 1.82) is 0 Å². The largest absolute Gasteiger partial charge is 0.387 e. The van der Waals surface area contributed by atoms with E-state index in [1.807, 2.05) is 6.92 Å². The number of carbonyl (C=O) groups excluding carboxylic acids is 1. The fourth-order valence-electron chi connectivity index (χ4n) is 8.03. The summed E-state index contributed by atoms with van der Waals surface area (Å²) in [5, 5.41) is 10.8. The lowest BCUT2D eigenvalue weighted by molar-refractivity contribution is -0.134. The van der Waals surface area contributed by atoms with Gasteiger partial charge < -0.3 is 9.84 Å². The molecule has 0 saturated heterocycles. The summed E-state index contributed by atoms with van der Waals surface area (Å²) < 4.78 is 5.29. The van der Waals surface area contributed by atoms with Crippen LogP contribution in [-0.2, 0) is 9.53 Å². The first-order chi connectivity index (χ1) is 11.9. The molecule has 0 radical (unpaired) electrons. The van der Waals surface area contributed by atoms with Gasteiger partial charge in [-0.05, 0) is 99.7 Å². The molecule has 3 nitrogen and oxygen atoms in total. The van der Waals surface area contributed by atoms with Crippen molar-refractivity contribution in [1.82, 2.24) is 0 Å². The summed E-state index contributed by atoms with van der Waals surface area (Å²) in [4.78, 5) is 12.2. The van der Waals surface area contributed by atoms with Gasteiger partial charge in [-0.15, -0.1) is 0 Å². The molecule has 1 unspecified atom stereocenters. The van der Waals surface area contributed by atoms with Gasteiger partial charge in [0.25, 0.3) is 0 Å². The van der Waals surface area contributed by atoms with Crippen LogP contribution < -0.4 is 0 Å². The zero-order valence-corrected chi connectivity index (χ0v) is 16.3. The highest BCUT2D eigenvalue weighted by molar-refractivity contribution is 5.79. The Hall–Kier alpha value is -0.410. The van der Waals surface area contributed by atoms with E-state index in [4.69, 9.17) is 4.74 Å². The van der Waals surface area contributed by atoms with E-state index in [9.17, 15) is 9.90 Å². The Balaban J connectivity index is 1.51. The third-order valence-electron chi connectivity index (χ3n) is 9.01. The van der Waals surface area contributed by atoms with E-state index >= 15 is 0 Å². The zero-order chi connectivity index (χ0) is 17.8. The molecule has 0 amide bonds. The molecule has 3 heteroatoms. The standard InChI is InChI=1S/C22H36O3/c1-14(23)19-6-7-20-18-5-4-15-12-22(24,13-25-3)11-9-16(15)17(18)8-10-21(19,20)2/h15-20,24H,4-13H2,1-3H3/t15-,16+,17-,18-,19-,20+,21-,22?/m1/s1. The van der Waals surface area contributed by atoms with Crippen molar-refractivity contribution in [3.63, 3.8) is 0 Å². The van der Waals surface area contributed by atoms with Gasteiger partial charge in [0.15, 0.2) is 0 Å². The molecule has 8 atom stereocenters. The Bertz CT molecular complexity index is 531. The molecule has 142 valence electrons. The first-order valence-corrected chi connectivity index (χ1v) is 10.6. The van der Waals surface area contributed by atoms with Crippen LogP contribution in [0.2, 0.25) is 0 Å². The van der Waals surface area contributed by atoms with Gasteiger partial charge in [-0.3, -0.25) is 4.79 Å². The van der Waals surface area contributed by atoms with Crippen molar-refractivity contribution in [2.75, 3.05) is 13.7 Å². The monoisotopic (exact) mass is 348 g/mol. The van der Waals surface area contributed by atoms with E-state index < -0.39 is 5.60 Å². The number of ketones is 1. The zero-order valence-electron chi connectivity index (χ0n) is 16.3. The number of rotatable bonds is 3. The predicted molar refractivity (Wildman–Crippen MR) is 98.1 cm³/mol. The second-order valence-corrected chi connectivity index (χ2v) is 10.1. The normalized spacial score (nSPS) is 52.2. The van der Waals surface area contributed by atoms with Crippen LogP contribution >= 0.6 is 0 Å². The van der Waals surface area contributed by atoms with E-state index in [-0.39, 0.29) is 5.41 Å². The Morgan fingerprint density at radius 2 is 1.80 bits per heavy atom. The number of fused-ring (bicyclic) bond motifs is 5. The number of methoxy groups -OCH3 is 1. The molecule has 4 saturated carbocycles. The van der Waals surface area contributed by atoms with Gasteiger partial charge in [-0.2, -0.15) is 0 Å². The fraction of sp³-hybridized carbons (Fsp3) is 0.955. The average molecular weight is 349 g/mol. The predicted octanol–water partition coefficient (Wildman–Crippen LogP) is 4.22. The smallest absolute Gasteiger partial charge is 0.133 e. The van der Waals surface area contributed by atoms with Gasteiger partial charge in [0.2, 0.25) is 0 Å². The summed E-state index contributed by atoms with van der Waals surface area (Å²) >= 11 is 0. The lowest BCUT2D eigenvalue weighted by atomic mass is 9.49. The maximum absolute atomic E-state index is 12.2. The summed E-state index contributed by atoms with van der Waals surface area (Å²) in [6.07, 6.45) is 10.6. The summed E-state index contributed by atoms with van der Waals surface area (Å²) in [5.41, 5.74) is -0.315. The molecule has 1 N–H and O–H groups in total. The Morgan fingerprint density at radius 3 is 2.52 bits per heavy atom. The molecule has 0 spiro atoms.